The van der Waals surface area contributed by atoms with E-state index < -0.39 is 35.4 Å². The second-order valence-electron chi connectivity index (χ2n) is 32.6. The van der Waals surface area contributed by atoms with Crippen molar-refractivity contribution < 1.29 is 37.7 Å². The zero-order chi connectivity index (χ0) is 84.0. The number of amides is 3. The molecule has 120 heavy (non-hydrogen) atoms. The second kappa shape index (κ2) is 33.2. The first-order chi connectivity index (χ1) is 58.0. The summed E-state index contributed by atoms with van der Waals surface area (Å²) in [7, 11) is 0. The van der Waals surface area contributed by atoms with Gasteiger partial charge in [-0.05, 0) is 173 Å². The number of ether oxygens (including phenoxy) is 2. The van der Waals surface area contributed by atoms with Gasteiger partial charge in [-0.25, -0.2) is 47.4 Å². The lowest BCUT2D eigenvalue weighted by Crippen LogP contribution is -2.56. The normalized spacial score (nSPS) is 21.5. The number of para-hydroxylation sites is 1. The predicted octanol–water partition coefficient (Wildman–Crippen LogP) is 11.9. The number of hydrogen-bond acceptors (Lipinski definition) is 21. The summed E-state index contributed by atoms with van der Waals surface area (Å²) in [6.07, 6.45) is 12.8. The molecule has 7 atom stereocenters. The first-order valence-corrected chi connectivity index (χ1v) is 42.6. The summed E-state index contributed by atoms with van der Waals surface area (Å²) in [6.45, 7) is 26.9. The number of pyridine rings is 4. The van der Waals surface area contributed by atoms with Crippen LogP contribution in [0.1, 0.15) is 131 Å². The number of amidine groups is 1. The van der Waals surface area contributed by atoms with E-state index in [0.29, 0.717) is 168 Å². The lowest BCUT2D eigenvalue weighted by molar-refractivity contribution is -0.128. The number of piperazine rings is 3. The summed E-state index contributed by atoms with van der Waals surface area (Å²) in [6, 6.07) is 19.8. The molecule has 30 heteroatoms. The highest BCUT2D eigenvalue weighted by Crippen LogP contribution is 2.51. The zero-order valence-electron chi connectivity index (χ0n) is 68.9. The second-order valence-corrected chi connectivity index (χ2v) is 33.4. The average molecular weight is 1670 g/mol. The maximum atomic E-state index is 17.2. The molecule has 0 radical (unpaired) electrons. The van der Waals surface area contributed by atoms with Crippen LogP contribution < -0.4 is 35.9 Å². The van der Waals surface area contributed by atoms with Crippen LogP contribution in [-0.2, 0) is 49.5 Å². The summed E-state index contributed by atoms with van der Waals surface area (Å²) in [5.74, 6) is -0.0352. The van der Waals surface area contributed by atoms with Crippen molar-refractivity contribution in [2.75, 3.05) is 116 Å². The number of aliphatic hydroxyl groups is 1. The number of fused-ring (bicyclic) bond motifs is 5. The Bertz CT molecular complexity index is 5850. The van der Waals surface area contributed by atoms with Crippen LogP contribution in [0.25, 0.3) is 56.9 Å². The molecule has 1 saturated carbocycles. The molecule has 624 valence electrons. The van der Waals surface area contributed by atoms with E-state index in [1.807, 2.05) is 101 Å². The summed E-state index contributed by atoms with van der Waals surface area (Å²) < 4.78 is 48.2. The Kier molecular flexibility index (Phi) is 22.5. The standard InChI is InChI=1S/C90H98Cl2F2N18O8/c1-11-55-19-18-20-56(12-2)78(55)111-84-65(41-69(92)87(98-84)109-47-62-39-61(109)49-120-62)80(99-89(111)117)106-35-32-104(45-51(106)7)74(115)30-28-60-43-95-54(10)77(75(60)59-25-26-59)110-83-67(42-71(94)76(96-83)64-21-16-17-22-70(64)93)82(101-88(110)116)107-36-33-103(46-52(107)8)73(114)29-27-58-24-23-57(13-3)79(63(58)14-4)112-85-66(40-68(91)86(97-85)108-37-38-119-48-53(108)9)81(100-90(112)118)105-34-31-102(44-50(105)6)72(113)15-5/h15-24,27-30,40-43,50-53,59,61-62,88,116H,5,11-14,25-26,31-39,44-49H2,1-4,6-10H3/b29-27-,30-28-/t50-,51-,52-,53+,61+,62+,88?/m0/s1. The molecular weight excluding hydrogens is 1570 g/mol. The number of carbonyl (C=O) groups is 3. The summed E-state index contributed by atoms with van der Waals surface area (Å²) in [5.41, 5.74) is 7.67. The molecule has 0 spiro atoms. The first-order valence-electron chi connectivity index (χ1n) is 41.9. The Morgan fingerprint density at radius 3 is 1.69 bits per heavy atom. The number of aromatic nitrogens is 8. The minimum atomic E-state index is -1.68. The average Bonchev–Trinajstić information content (AvgIpc) is 1.66. The minimum Gasteiger partial charge on any atom is -0.377 e. The van der Waals surface area contributed by atoms with E-state index in [0.717, 1.165) is 52.8 Å². The van der Waals surface area contributed by atoms with Crippen LogP contribution in [0.4, 0.5) is 43.6 Å². The molecule has 1 unspecified atom stereocenters. The van der Waals surface area contributed by atoms with Gasteiger partial charge >= 0.3 is 11.4 Å². The number of hydrogen-bond donors (Lipinski definition) is 1. The van der Waals surface area contributed by atoms with Crippen molar-refractivity contribution in [2.45, 2.75) is 156 Å². The molecule has 2 bridgehead atoms. The highest BCUT2D eigenvalue weighted by molar-refractivity contribution is 6.34. The van der Waals surface area contributed by atoms with Crippen molar-refractivity contribution in [3.63, 3.8) is 0 Å². The molecule has 7 fully saturated rings. The van der Waals surface area contributed by atoms with Gasteiger partial charge in [-0.15, -0.1) is 0 Å². The van der Waals surface area contributed by atoms with Gasteiger partial charge in [0.15, 0.2) is 11.3 Å². The van der Waals surface area contributed by atoms with Gasteiger partial charge in [-0.1, -0.05) is 99.9 Å². The van der Waals surface area contributed by atoms with Crippen molar-refractivity contribution in [3.05, 3.63) is 197 Å². The van der Waals surface area contributed by atoms with Crippen molar-refractivity contribution in [2.24, 2.45) is 4.99 Å². The molecule has 1 N–H and O–H groups in total. The minimum absolute atomic E-state index is 0.0468. The van der Waals surface area contributed by atoms with Gasteiger partial charge in [0, 0.05) is 114 Å². The largest absolute Gasteiger partial charge is 0.377 e. The SMILES string of the molecule is C=CC(=O)N1CCN(c2nc(=O)n(-c3c(CC)ccc(/C=C\C(=O)N4CCN(C5=NC(O)N(c6c(C)ncc(/C=C\C(=O)N7CCN(c8nc(=O)n(-c9c(CC)cccc9CC)c9nc(N%10C[C@H]%11C[C@@H]%10CO%11)c(Cl)cc89)[C@@H](C)C7)c6C6CC6)c6nc(-c7ccccc7F)c(F)cc65)[C@@H](C)C4)c3CC)c3nc(N4CCOC[C@H]4C)c(Cl)cc23)[C@@H](C)C1. The summed E-state index contributed by atoms with van der Waals surface area (Å²) >= 11 is 14.5. The van der Waals surface area contributed by atoms with Crippen LogP contribution in [0.15, 0.2) is 118 Å². The fourth-order valence-electron chi connectivity index (χ4n) is 18.8. The van der Waals surface area contributed by atoms with E-state index in [2.05, 4.69) is 35.1 Å². The molecule has 17 rings (SSSR count). The van der Waals surface area contributed by atoms with Crippen molar-refractivity contribution in [3.8, 4) is 22.6 Å². The third-order valence-electron chi connectivity index (χ3n) is 25.1. The van der Waals surface area contributed by atoms with Gasteiger partial charge < -0.3 is 53.8 Å². The Morgan fingerprint density at radius 1 is 0.575 bits per heavy atom. The number of halogens is 4. The molecule has 3 aromatic carbocycles. The highest BCUT2D eigenvalue weighted by atomic mass is 35.5. The number of morpholine rings is 2. The van der Waals surface area contributed by atoms with Gasteiger partial charge in [0.05, 0.1) is 87.1 Å². The smallest absolute Gasteiger partial charge is 0.355 e. The van der Waals surface area contributed by atoms with Gasteiger partial charge in [0.1, 0.15) is 52.3 Å². The third kappa shape index (κ3) is 14.7. The van der Waals surface area contributed by atoms with Crippen LogP contribution in [0.5, 0.6) is 0 Å². The Balaban J connectivity index is 0.647. The van der Waals surface area contributed by atoms with E-state index >= 15 is 13.6 Å². The number of carbonyl (C=O) groups excluding carboxylic acids is 3. The predicted molar refractivity (Wildman–Crippen MR) is 464 cm³/mol. The Labute approximate surface area is 704 Å². The van der Waals surface area contributed by atoms with Crippen LogP contribution in [0.2, 0.25) is 10.0 Å². The third-order valence-corrected chi connectivity index (χ3v) is 25.7. The summed E-state index contributed by atoms with van der Waals surface area (Å²) in [5, 5.41) is 14.8. The molecule has 9 aromatic rings. The van der Waals surface area contributed by atoms with Gasteiger partial charge in [0.2, 0.25) is 24.1 Å². The van der Waals surface area contributed by atoms with Gasteiger partial charge in [-0.2, -0.15) is 9.97 Å². The van der Waals surface area contributed by atoms with Crippen LogP contribution in [0, 0.1) is 18.6 Å². The van der Waals surface area contributed by atoms with Crippen molar-refractivity contribution >= 4 is 116 Å². The van der Waals surface area contributed by atoms with Gasteiger partial charge in [-0.3, -0.25) is 24.3 Å². The highest BCUT2D eigenvalue weighted by Gasteiger charge is 2.44. The van der Waals surface area contributed by atoms with Gasteiger partial charge in [0.25, 0.3) is 0 Å². The maximum Gasteiger partial charge on any atom is 0.355 e. The number of benzene rings is 3. The first kappa shape index (κ1) is 81.3. The number of anilines is 6. The molecule has 6 aromatic heterocycles. The number of nitrogens with zero attached hydrogens (tertiary/aromatic N) is 18. The fourth-order valence-corrected chi connectivity index (χ4v) is 19.4. The molecule has 26 nitrogen and oxygen atoms in total. The van der Waals surface area contributed by atoms with Crippen LogP contribution in [0.3, 0.4) is 0 Å². The van der Waals surface area contributed by atoms with E-state index in [1.54, 1.807) is 48.2 Å². The number of aliphatic hydroxyl groups excluding tert-OH is 1. The van der Waals surface area contributed by atoms with E-state index in [9.17, 15) is 24.3 Å². The van der Waals surface area contributed by atoms with E-state index in [4.69, 9.17) is 67.6 Å². The lowest BCUT2D eigenvalue weighted by Gasteiger charge is -2.44. The maximum absolute atomic E-state index is 17.2. The Morgan fingerprint density at radius 2 is 1.14 bits per heavy atom. The van der Waals surface area contributed by atoms with E-state index in [-0.39, 0.29) is 115 Å². The Hall–Kier alpha value is -11.0. The van der Waals surface area contributed by atoms with Crippen molar-refractivity contribution in [1.82, 2.24) is 58.6 Å². The topological polar surface area (TPSA) is 253 Å². The number of aliphatic imine (C=N–C) groups is 1. The van der Waals surface area contributed by atoms with Crippen LogP contribution in [-0.4, -0.2) is 222 Å². The molecule has 3 amide bonds. The van der Waals surface area contributed by atoms with E-state index in [1.165, 1.54) is 47.4 Å². The zero-order valence-corrected chi connectivity index (χ0v) is 70.4. The summed E-state index contributed by atoms with van der Waals surface area (Å²) in [4.78, 5) is 125. The molecule has 1 aliphatic carbocycles. The fraction of sp³-hybridized carbons (Fsp3) is 0.422. The quantitative estimate of drug-likeness (QED) is 0.0784. The van der Waals surface area contributed by atoms with Crippen molar-refractivity contribution in [1.29, 1.82) is 0 Å². The molecular formula is C90H98Cl2F2N18O8. The molecule has 6 saturated heterocycles. The molecule has 8 aliphatic rings. The van der Waals surface area contributed by atoms with Crippen LogP contribution >= 0.6 is 23.2 Å². The molecule has 7 aliphatic heterocycles. The number of rotatable bonds is 18. The monoisotopic (exact) mass is 1670 g/mol. The lowest BCUT2D eigenvalue weighted by atomic mass is 9.96. The molecule has 13 heterocycles. The number of aryl methyl sites for hydroxylation is 4.